The van der Waals surface area contributed by atoms with E-state index in [9.17, 15) is 53.7 Å². The van der Waals surface area contributed by atoms with Gasteiger partial charge in [0.25, 0.3) is 0 Å². The zero-order valence-corrected chi connectivity index (χ0v) is 76.7. The van der Waals surface area contributed by atoms with E-state index in [4.69, 9.17) is 79.9 Å². The maximum Gasteiger partial charge on any atom is 0.319 e. The predicted octanol–water partition coefficient (Wildman–Crippen LogP) is 6.28. The van der Waals surface area contributed by atoms with Crippen LogP contribution in [-0.2, 0) is 223 Å². The van der Waals surface area contributed by atoms with Crippen molar-refractivity contribution in [3.05, 3.63) is 0 Å². The van der Waals surface area contributed by atoms with Crippen LogP contribution in [0.1, 0.15) is 162 Å². The number of aliphatic hydroxyl groups is 9. The van der Waals surface area contributed by atoms with E-state index in [1.165, 1.54) is 14.0 Å². The van der Waals surface area contributed by atoms with Crippen LogP contribution in [0.15, 0.2) is 0 Å². The molecule has 0 aromatic carbocycles. The Morgan fingerprint density at radius 3 is 1.41 bits per heavy atom. The molecule has 10 N–H and O–H groups in total. The molecule has 4 radical (unpaired) electrons. The van der Waals surface area contributed by atoms with Crippen LogP contribution in [0.25, 0.3) is 0 Å². The minimum Gasteiger partial charge on any atom is -0.394 e. The summed E-state index contributed by atoms with van der Waals surface area (Å²) in [7, 11) is -10.6. The molecule has 31 nitrogen and oxygen atoms in total. The van der Waals surface area contributed by atoms with Gasteiger partial charge in [0, 0.05) is 189 Å². The number of hydrogen-bond acceptors (Lipinski definition) is 30. The number of carbonyl (C=O) groups is 1. The number of aliphatic hydroxyl groups excluding tert-OH is 9. The molecule has 584 valence electrons. The Morgan fingerprint density at radius 2 is 1.00 bits per heavy atom. The Morgan fingerprint density at radius 1 is 0.556 bits per heavy atom. The molecule has 0 aliphatic carbocycles. The summed E-state index contributed by atoms with van der Waals surface area (Å²) >= 11 is 0. The number of carbonyl (C=O) groups excluding carboxylic acids is 1. The molecule has 40 heteroatoms. The van der Waals surface area contributed by atoms with Gasteiger partial charge in [-0.15, -0.1) is 0 Å². The second-order valence-corrected chi connectivity index (χ2v) is 29.2. The van der Waals surface area contributed by atoms with E-state index in [-0.39, 0.29) is 222 Å². The molecule has 3 rings (SSSR count). The van der Waals surface area contributed by atoms with Gasteiger partial charge >= 0.3 is 33.0 Å². The summed E-state index contributed by atoms with van der Waals surface area (Å²) < 4.78 is 132. The van der Waals surface area contributed by atoms with Gasteiger partial charge < -0.3 is 120 Å². The van der Waals surface area contributed by atoms with Gasteiger partial charge in [-0.3, -0.25) is 27.7 Å². The minimum absolute atomic E-state index is 0. The molecule has 3 aliphatic heterocycles. The van der Waals surface area contributed by atoms with Gasteiger partial charge in [0.05, 0.1) is 90.0 Å². The quantitative estimate of drug-likeness (QED) is 0.0237. The van der Waals surface area contributed by atoms with Crippen LogP contribution in [0.3, 0.4) is 0 Å². The average molecular weight is 1840 g/mol. The molecule has 0 aromatic heterocycles. The third-order valence-corrected chi connectivity index (χ3v) is 20.8. The van der Waals surface area contributed by atoms with Crippen LogP contribution in [0.2, 0.25) is 0 Å². The fourth-order valence-electron chi connectivity index (χ4n) is 9.66. The summed E-state index contributed by atoms with van der Waals surface area (Å²) in [5.74, 6) is -0.648. The van der Waals surface area contributed by atoms with E-state index in [2.05, 4.69) is 69.6 Å². The van der Waals surface area contributed by atoms with Crippen molar-refractivity contribution in [2.45, 2.75) is 272 Å². The van der Waals surface area contributed by atoms with Crippen molar-refractivity contribution in [3.8, 4) is 0 Å². The summed E-state index contributed by atoms with van der Waals surface area (Å²) in [4.78, 5) is 11.5. The molecule has 0 spiro atoms. The fourth-order valence-corrected chi connectivity index (χ4v) is 14.7. The first-order valence-electron chi connectivity index (χ1n) is 32.9. The van der Waals surface area contributed by atoms with Crippen molar-refractivity contribution < 1.29 is 269 Å². The first kappa shape index (κ1) is 114. The maximum absolute atomic E-state index is 12.3. The Kier molecular flexibility index (Phi) is 79.5. The molecule has 20 atom stereocenters. The largest absolute Gasteiger partial charge is 0.394 e. The summed E-state index contributed by atoms with van der Waals surface area (Å²) in [5, 5.41) is 85.6. The van der Waals surface area contributed by atoms with Crippen molar-refractivity contribution in [2.24, 2.45) is 11.8 Å². The molecule has 3 aliphatic rings. The molecular formula is C59H127N2O29P5Y4. The van der Waals surface area contributed by atoms with Crippen molar-refractivity contribution in [1.29, 1.82) is 0 Å². The van der Waals surface area contributed by atoms with Gasteiger partial charge in [0.2, 0.25) is 5.91 Å². The van der Waals surface area contributed by atoms with Gasteiger partial charge in [-0.05, 0) is 112 Å². The number of nitrogens with zero attached hydrogens (tertiary/aromatic N) is 1. The first-order valence-corrected chi connectivity index (χ1v) is 39.4. The fraction of sp³-hybridized carbons (Fsp3) is 0.983. The van der Waals surface area contributed by atoms with Crippen LogP contribution >= 0.6 is 41.3 Å². The smallest absolute Gasteiger partial charge is 0.319 e. The number of hydrogen-bond donors (Lipinski definition) is 10. The van der Waals surface area contributed by atoms with E-state index >= 15 is 0 Å². The van der Waals surface area contributed by atoms with Crippen LogP contribution in [0, 0.1) is 11.8 Å². The van der Waals surface area contributed by atoms with Crippen LogP contribution in [-0.4, -0.2) is 260 Å². The van der Waals surface area contributed by atoms with Crippen LogP contribution in [0.5, 0.6) is 0 Å². The second-order valence-electron chi connectivity index (χ2n) is 23.2. The van der Waals surface area contributed by atoms with E-state index in [1.807, 2.05) is 27.7 Å². The maximum atomic E-state index is 12.3. The molecule has 3 heterocycles. The Bertz CT molecular complexity index is 1990. The third kappa shape index (κ3) is 49.4. The summed E-state index contributed by atoms with van der Waals surface area (Å²) in [5.41, 5.74) is 0. The number of nitrogens with one attached hydrogen (secondary N) is 1. The Hall–Kier alpha value is 4.24. The zero-order chi connectivity index (χ0) is 71.5. The van der Waals surface area contributed by atoms with Crippen molar-refractivity contribution in [2.75, 3.05) is 93.1 Å². The minimum atomic E-state index is -2.99. The number of amides is 1. The van der Waals surface area contributed by atoms with Crippen molar-refractivity contribution in [1.82, 2.24) is 9.99 Å². The topological polar surface area (TPSA) is 421 Å². The third-order valence-electron chi connectivity index (χ3n) is 15.2. The zero-order valence-electron chi connectivity index (χ0n) is 60.5. The van der Waals surface area contributed by atoms with Gasteiger partial charge in [-0.2, -0.15) is 0 Å². The van der Waals surface area contributed by atoms with E-state index in [0.29, 0.717) is 69.2 Å². The number of rotatable bonds is 46. The molecule has 16 unspecified atom stereocenters. The molecular weight excluding hydrogens is 1710 g/mol. The Labute approximate surface area is 695 Å². The molecule has 3 saturated heterocycles. The summed E-state index contributed by atoms with van der Waals surface area (Å²) in [6.45, 7) is 27.7. The van der Waals surface area contributed by atoms with E-state index < -0.39 is 134 Å². The van der Waals surface area contributed by atoms with Crippen LogP contribution in [0.4, 0.5) is 0 Å². The molecule has 0 aromatic rings. The van der Waals surface area contributed by atoms with Gasteiger partial charge in [0.1, 0.15) is 63.2 Å². The van der Waals surface area contributed by atoms with Gasteiger partial charge in [-0.25, -0.2) is 0 Å². The molecule has 99 heavy (non-hydrogen) atoms. The monoisotopic (exact) mass is 1840 g/mol. The normalized spacial score (nSPS) is 26.1. The predicted molar refractivity (Wildman–Crippen MR) is 361 cm³/mol. The number of unbranched alkanes of at least 4 members (excludes halogenated alkanes) is 4. The van der Waals surface area contributed by atoms with Gasteiger partial charge in [0.15, 0.2) is 12.6 Å². The van der Waals surface area contributed by atoms with Crippen LogP contribution < -0.4 is 5.32 Å². The molecule has 0 saturated carbocycles. The Balaban J connectivity index is -0.000000383. The number of ether oxygens (including phenoxy) is 6. The standard InChI is InChI=1S/C29H58NO20P3.C14H29O5P.C12H28NOP.C3H8O3.CH4.4Y/c1-18-24(34)25(35)21(14-31)48-28(18)42-10-6-4-8-12-44-52(39)46-16-20(50-51(38)41-3)17-47-53(40)45-13-9-5-7-11-43-29-23(30-19(2)33)27(37)26(36)22(15-32)49-29;1-6-12(7-2)19-20(15)17-9-13-14(16-8-3)10(4)11(5)18-13;1-8-12(9-2)14-15(7)13(10(3)4)11(5)6;4-1-3(6)2-5;;;;;/h18,20-29,31-32,34-37,51-53H,4-17H2,1-3H3,(H,30,33);10-14,20H,6-9H2,1-5H3;10-12H,8-9H2,1-7H3;3-6H,1-2H2;1H4;;;;/t;10-,11-,13+,14-;;;;;;;/m.0......./s1. The molecule has 0 bridgehead atoms. The van der Waals surface area contributed by atoms with Crippen molar-refractivity contribution in [3.63, 3.8) is 0 Å². The van der Waals surface area contributed by atoms with Gasteiger partial charge in [-0.1, -0.05) is 49.0 Å². The SMILES string of the molecule is C.CCC(CC)OP(C)N(C(C)C)C(C)C.CCO[C@H]1[C@@H](C)[C@H](C)O[C@@H]1CO[PH](=O)OC(CC)CC.CO[PH](=O)OC(CO[PH](=O)OCCCCCOC1OC(CO)C(O)C(O)C1C)CO[PH](=O)OCCCCCOC1OC(CO)C(O)C(O)C1NC(C)=O.OCC(O)CO.[Y].[Y].[Y].[Y]. The van der Waals surface area contributed by atoms with E-state index in [0.717, 1.165) is 25.7 Å². The summed E-state index contributed by atoms with van der Waals surface area (Å²) in [6.07, 6.45) is -3.46. The molecule has 3 fully saturated rings. The van der Waals surface area contributed by atoms with Crippen molar-refractivity contribution >= 4 is 47.2 Å². The average Bonchev–Trinajstić information content (AvgIpc) is 1.31. The van der Waals surface area contributed by atoms with E-state index in [1.54, 1.807) is 6.92 Å². The second kappa shape index (κ2) is 69.0. The summed E-state index contributed by atoms with van der Waals surface area (Å²) in [6, 6.07) is 0.0877. The first-order chi connectivity index (χ1) is 44.6. The molecule has 1 amide bonds.